The average molecular weight is 280 g/mol. The second-order valence-corrected chi connectivity index (χ2v) is 4.15. The van der Waals surface area contributed by atoms with Crippen LogP contribution in [0.4, 0.5) is 0 Å². The number of aromatic hydroxyl groups is 1. The van der Waals surface area contributed by atoms with Gasteiger partial charge in [-0.2, -0.15) is 0 Å². The minimum absolute atomic E-state index is 0.109. The molecule has 0 amide bonds. The molecule has 2 aromatic heterocycles. The van der Waals surface area contributed by atoms with Crippen molar-refractivity contribution in [2.45, 2.75) is 6.92 Å². The van der Waals surface area contributed by atoms with Gasteiger partial charge in [-0.15, -0.1) is 10.2 Å². The van der Waals surface area contributed by atoms with Gasteiger partial charge in [0.2, 0.25) is 5.88 Å². The maximum absolute atomic E-state index is 11.7. The smallest absolute Gasteiger partial charge is 0.340 e. The van der Waals surface area contributed by atoms with Crippen LogP contribution in [-0.2, 0) is 4.74 Å². The van der Waals surface area contributed by atoms with Crippen LogP contribution < -0.4 is 0 Å². The van der Waals surface area contributed by atoms with Gasteiger partial charge >= 0.3 is 5.97 Å². The van der Waals surface area contributed by atoms with E-state index in [1.165, 1.54) is 19.4 Å². The minimum Gasteiger partial charge on any atom is -0.492 e. The largest absolute Gasteiger partial charge is 0.492 e. The second-order valence-electron chi connectivity index (χ2n) is 3.77. The fourth-order valence-electron chi connectivity index (χ4n) is 1.61. The normalized spacial score (nSPS) is 10.3. The zero-order chi connectivity index (χ0) is 14.0. The van der Waals surface area contributed by atoms with E-state index in [1.54, 1.807) is 13.0 Å². The lowest BCUT2D eigenvalue weighted by molar-refractivity contribution is 0.0601. The summed E-state index contributed by atoms with van der Waals surface area (Å²) >= 11 is 5.76. The number of nitrogens with zero attached hydrogens (tertiary/aromatic N) is 3. The zero-order valence-electron chi connectivity index (χ0n) is 10.2. The van der Waals surface area contributed by atoms with E-state index in [4.69, 9.17) is 11.6 Å². The zero-order valence-corrected chi connectivity index (χ0v) is 11.0. The predicted octanol–water partition coefficient (Wildman–Crippen LogP) is 1.99. The van der Waals surface area contributed by atoms with E-state index < -0.39 is 5.97 Å². The molecular formula is C12H10ClN3O3. The molecule has 0 aromatic carbocycles. The molecule has 0 saturated heterocycles. The Kier molecular flexibility index (Phi) is 3.62. The molecule has 1 N–H and O–H groups in total. The SMILES string of the molecule is COC(=O)c1cnc(C)cc1-c1cc(Cl)nnc1O. The minimum atomic E-state index is -0.560. The third-order valence-electron chi connectivity index (χ3n) is 2.48. The van der Waals surface area contributed by atoms with Gasteiger partial charge in [0.15, 0.2) is 5.15 Å². The predicted molar refractivity (Wildman–Crippen MR) is 68.0 cm³/mol. The first-order valence-electron chi connectivity index (χ1n) is 5.30. The molecular weight excluding hydrogens is 270 g/mol. The lowest BCUT2D eigenvalue weighted by Crippen LogP contribution is -2.05. The maximum Gasteiger partial charge on any atom is 0.340 e. The fraction of sp³-hybridized carbons (Fsp3) is 0.167. The van der Waals surface area contributed by atoms with E-state index in [0.29, 0.717) is 16.8 Å². The molecule has 6 nitrogen and oxygen atoms in total. The lowest BCUT2D eigenvalue weighted by atomic mass is 10.0. The van der Waals surface area contributed by atoms with Gasteiger partial charge in [0.05, 0.1) is 12.7 Å². The van der Waals surface area contributed by atoms with Crippen LogP contribution in [0.2, 0.25) is 5.15 Å². The van der Waals surface area contributed by atoms with Gasteiger partial charge in [-0.3, -0.25) is 4.98 Å². The van der Waals surface area contributed by atoms with Crippen molar-refractivity contribution in [3.05, 3.63) is 34.7 Å². The van der Waals surface area contributed by atoms with E-state index >= 15 is 0 Å². The number of hydrogen-bond acceptors (Lipinski definition) is 6. The quantitative estimate of drug-likeness (QED) is 0.846. The number of hydrogen-bond donors (Lipinski definition) is 1. The molecule has 0 radical (unpaired) electrons. The van der Waals surface area contributed by atoms with Crippen LogP contribution in [0, 0.1) is 6.92 Å². The van der Waals surface area contributed by atoms with Gasteiger partial charge in [0, 0.05) is 23.0 Å². The van der Waals surface area contributed by atoms with Crippen molar-refractivity contribution >= 4 is 17.6 Å². The van der Waals surface area contributed by atoms with Gasteiger partial charge in [0.25, 0.3) is 0 Å². The first-order valence-corrected chi connectivity index (χ1v) is 5.68. The van der Waals surface area contributed by atoms with Crippen molar-refractivity contribution in [1.29, 1.82) is 0 Å². The number of esters is 1. The maximum atomic E-state index is 11.7. The average Bonchev–Trinajstić information content (AvgIpc) is 2.40. The molecule has 2 rings (SSSR count). The van der Waals surface area contributed by atoms with Crippen LogP contribution in [0.15, 0.2) is 18.3 Å². The first-order chi connectivity index (χ1) is 9.02. The summed E-state index contributed by atoms with van der Waals surface area (Å²) in [5.74, 6) is -0.880. The Bertz CT molecular complexity index is 646. The third kappa shape index (κ3) is 2.63. The highest BCUT2D eigenvalue weighted by Gasteiger charge is 2.18. The van der Waals surface area contributed by atoms with Crippen LogP contribution in [0.1, 0.15) is 16.1 Å². The van der Waals surface area contributed by atoms with Crippen LogP contribution in [0.25, 0.3) is 11.1 Å². The summed E-state index contributed by atoms with van der Waals surface area (Å²) in [6, 6.07) is 3.06. The van der Waals surface area contributed by atoms with Gasteiger partial charge in [0.1, 0.15) is 0 Å². The Hall–Kier alpha value is -2.21. The Balaban J connectivity index is 2.69. The van der Waals surface area contributed by atoms with Crippen LogP contribution in [0.5, 0.6) is 5.88 Å². The summed E-state index contributed by atoms with van der Waals surface area (Å²) in [7, 11) is 1.27. The van der Waals surface area contributed by atoms with Gasteiger partial charge in [-0.25, -0.2) is 4.79 Å². The molecule has 0 atom stereocenters. The first kappa shape index (κ1) is 13.2. The number of carbonyl (C=O) groups is 1. The number of halogens is 1. The van der Waals surface area contributed by atoms with Crippen molar-refractivity contribution in [1.82, 2.24) is 15.2 Å². The number of pyridine rings is 1. The molecule has 0 aliphatic heterocycles. The third-order valence-corrected chi connectivity index (χ3v) is 2.67. The Morgan fingerprint density at radius 3 is 2.74 bits per heavy atom. The molecule has 19 heavy (non-hydrogen) atoms. The Morgan fingerprint density at radius 1 is 1.32 bits per heavy atom. The van der Waals surface area contributed by atoms with Crippen molar-refractivity contribution < 1.29 is 14.6 Å². The molecule has 0 aliphatic rings. The molecule has 0 fully saturated rings. The van der Waals surface area contributed by atoms with Crippen LogP contribution in [0.3, 0.4) is 0 Å². The highest BCUT2D eigenvalue weighted by Crippen LogP contribution is 2.31. The number of aromatic nitrogens is 3. The number of carbonyl (C=O) groups excluding carboxylic acids is 1. The van der Waals surface area contributed by atoms with Gasteiger partial charge in [-0.05, 0) is 19.1 Å². The molecule has 0 aliphatic carbocycles. The molecule has 7 heteroatoms. The molecule has 98 valence electrons. The standard InChI is InChI=1S/C12H10ClN3O3/c1-6-3-7(9(5-14-6)12(18)19-2)8-4-10(13)15-16-11(8)17/h3-5H,1-2H3,(H,16,17). The van der Waals surface area contributed by atoms with Crippen molar-refractivity contribution in [2.24, 2.45) is 0 Å². The van der Waals surface area contributed by atoms with Crippen LogP contribution >= 0.6 is 11.6 Å². The highest BCUT2D eigenvalue weighted by atomic mass is 35.5. The van der Waals surface area contributed by atoms with E-state index in [9.17, 15) is 9.90 Å². The molecule has 0 saturated carbocycles. The van der Waals surface area contributed by atoms with Gasteiger partial charge in [-0.1, -0.05) is 11.6 Å². The number of rotatable bonds is 2. The Labute approximate surface area is 114 Å². The summed E-state index contributed by atoms with van der Waals surface area (Å²) in [5, 5.41) is 16.9. The molecule has 0 bridgehead atoms. The van der Waals surface area contributed by atoms with Crippen molar-refractivity contribution in [3.63, 3.8) is 0 Å². The topological polar surface area (TPSA) is 85.2 Å². The number of ether oxygens (including phenoxy) is 1. The lowest BCUT2D eigenvalue weighted by Gasteiger charge is -2.09. The summed E-state index contributed by atoms with van der Waals surface area (Å²) in [4.78, 5) is 15.7. The van der Waals surface area contributed by atoms with E-state index in [0.717, 1.165) is 0 Å². The van der Waals surface area contributed by atoms with Crippen molar-refractivity contribution in [3.8, 4) is 17.0 Å². The monoisotopic (exact) mass is 279 g/mol. The van der Waals surface area contributed by atoms with Crippen molar-refractivity contribution in [2.75, 3.05) is 7.11 Å². The Morgan fingerprint density at radius 2 is 2.05 bits per heavy atom. The van der Waals surface area contributed by atoms with E-state index in [-0.39, 0.29) is 16.6 Å². The van der Waals surface area contributed by atoms with E-state index in [1.807, 2.05) is 0 Å². The van der Waals surface area contributed by atoms with E-state index in [2.05, 4.69) is 19.9 Å². The summed E-state index contributed by atoms with van der Waals surface area (Å²) in [5.41, 5.74) is 1.63. The summed E-state index contributed by atoms with van der Waals surface area (Å²) < 4.78 is 4.68. The molecule has 2 heterocycles. The fourth-order valence-corrected chi connectivity index (χ4v) is 1.76. The number of aryl methyl sites for hydroxylation is 1. The number of methoxy groups -OCH3 is 1. The summed E-state index contributed by atoms with van der Waals surface area (Å²) in [6.45, 7) is 1.76. The molecule has 0 unspecified atom stereocenters. The highest BCUT2D eigenvalue weighted by molar-refractivity contribution is 6.29. The van der Waals surface area contributed by atoms with Gasteiger partial charge < -0.3 is 9.84 Å². The molecule has 2 aromatic rings. The molecule has 0 spiro atoms. The van der Waals surface area contributed by atoms with Crippen LogP contribution in [-0.4, -0.2) is 33.4 Å². The summed E-state index contributed by atoms with van der Waals surface area (Å²) in [6.07, 6.45) is 1.38. The second kappa shape index (κ2) is 5.19.